The minimum absolute atomic E-state index is 0.159. The number of nitrogens with zero attached hydrogens (tertiary/aromatic N) is 3. The standard InChI is InChI=1S/C20H30N4O3/c25-20(26)22-16-3-1-15(2-4-16)6-9-23-10-12-24(13-11-23)19-17-7-14-27-18(17)5-8-21-19/h5,8,15-16,22H,1-4,6-7,9-14H2,(H,25,26). The van der Waals surface area contributed by atoms with Gasteiger partial charge in [0.15, 0.2) is 0 Å². The fraction of sp³-hybridized carbons (Fsp3) is 0.700. The molecule has 0 radical (unpaired) electrons. The molecule has 1 aromatic heterocycles. The van der Waals surface area contributed by atoms with Gasteiger partial charge in [-0.05, 0) is 50.6 Å². The molecule has 2 N–H and O–H groups in total. The van der Waals surface area contributed by atoms with Crippen molar-refractivity contribution >= 4 is 11.9 Å². The van der Waals surface area contributed by atoms with Crippen LogP contribution in [0.1, 0.15) is 37.7 Å². The van der Waals surface area contributed by atoms with Crippen LogP contribution in [0.4, 0.5) is 10.6 Å². The topological polar surface area (TPSA) is 77.9 Å². The van der Waals surface area contributed by atoms with E-state index in [1.807, 2.05) is 12.3 Å². The summed E-state index contributed by atoms with van der Waals surface area (Å²) in [5.74, 6) is 2.87. The Morgan fingerprint density at radius 2 is 2.00 bits per heavy atom. The van der Waals surface area contributed by atoms with Gasteiger partial charge in [-0.25, -0.2) is 9.78 Å². The van der Waals surface area contributed by atoms with E-state index < -0.39 is 6.09 Å². The molecule has 1 aromatic rings. The van der Waals surface area contributed by atoms with Crippen LogP contribution >= 0.6 is 0 Å². The fourth-order valence-corrected chi connectivity index (χ4v) is 4.69. The summed E-state index contributed by atoms with van der Waals surface area (Å²) in [6.07, 6.45) is 7.43. The van der Waals surface area contributed by atoms with Crippen LogP contribution < -0.4 is 15.0 Å². The summed E-state index contributed by atoms with van der Waals surface area (Å²) < 4.78 is 5.67. The van der Waals surface area contributed by atoms with Crippen LogP contribution in [-0.4, -0.2) is 66.5 Å². The van der Waals surface area contributed by atoms with Crippen LogP contribution in [0.5, 0.6) is 5.75 Å². The number of hydrogen-bond donors (Lipinski definition) is 2. The highest BCUT2D eigenvalue weighted by Gasteiger charge is 2.26. The lowest BCUT2D eigenvalue weighted by atomic mass is 9.84. The molecular formula is C20H30N4O3. The lowest BCUT2D eigenvalue weighted by molar-refractivity contribution is 0.177. The van der Waals surface area contributed by atoms with E-state index in [0.29, 0.717) is 0 Å². The zero-order chi connectivity index (χ0) is 18.6. The normalized spacial score (nSPS) is 25.7. The number of fused-ring (bicyclic) bond motifs is 1. The zero-order valence-corrected chi connectivity index (χ0v) is 15.9. The highest BCUT2D eigenvalue weighted by atomic mass is 16.5. The summed E-state index contributed by atoms with van der Waals surface area (Å²) in [5.41, 5.74) is 1.28. The summed E-state index contributed by atoms with van der Waals surface area (Å²) in [6.45, 7) is 6.15. The molecule has 1 saturated heterocycles. The molecule has 4 rings (SSSR count). The Labute approximate surface area is 160 Å². The summed E-state index contributed by atoms with van der Waals surface area (Å²) in [4.78, 5) is 20.3. The average molecular weight is 374 g/mol. The van der Waals surface area contributed by atoms with E-state index in [9.17, 15) is 4.79 Å². The maximum absolute atomic E-state index is 10.7. The van der Waals surface area contributed by atoms with Crippen molar-refractivity contribution in [2.75, 3.05) is 44.2 Å². The van der Waals surface area contributed by atoms with Gasteiger partial charge < -0.3 is 20.1 Å². The molecular weight excluding hydrogens is 344 g/mol. The van der Waals surface area contributed by atoms with E-state index in [1.54, 1.807) is 0 Å². The van der Waals surface area contributed by atoms with Crippen molar-refractivity contribution in [3.05, 3.63) is 17.8 Å². The van der Waals surface area contributed by atoms with E-state index in [2.05, 4.69) is 20.1 Å². The molecule has 1 saturated carbocycles. The quantitative estimate of drug-likeness (QED) is 0.824. The van der Waals surface area contributed by atoms with E-state index in [4.69, 9.17) is 9.84 Å². The molecule has 7 heteroatoms. The maximum atomic E-state index is 10.7. The van der Waals surface area contributed by atoms with Crippen LogP contribution in [0.3, 0.4) is 0 Å². The number of carbonyl (C=O) groups is 1. The van der Waals surface area contributed by atoms with Gasteiger partial charge in [-0.1, -0.05) is 0 Å². The third-order valence-corrected chi connectivity index (χ3v) is 6.30. The number of piperazine rings is 1. The second-order valence-electron chi connectivity index (χ2n) is 7.99. The number of carboxylic acid groups (broad SMARTS) is 1. The lowest BCUT2D eigenvalue weighted by Gasteiger charge is -2.37. The van der Waals surface area contributed by atoms with Crippen molar-refractivity contribution in [3.63, 3.8) is 0 Å². The van der Waals surface area contributed by atoms with Crippen LogP contribution in [0.2, 0.25) is 0 Å². The Bertz CT molecular complexity index is 653. The van der Waals surface area contributed by atoms with E-state index in [-0.39, 0.29) is 6.04 Å². The molecule has 0 aromatic carbocycles. The predicted octanol–water partition coefficient (Wildman–Crippen LogP) is 2.35. The summed E-state index contributed by atoms with van der Waals surface area (Å²) in [5, 5.41) is 11.5. The van der Waals surface area contributed by atoms with E-state index in [0.717, 1.165) is 88.9 Å². The van der Waals surface area contributed by atoms with Crippen molar-refractivity contribution in [1.29, 1.82) is 0 Å². The van der Waals surface area contributed by atoms with Gasteiger partial charge in [0.25, 0.3) is 0 Å². The first kappa shape index (κ1) is 18.3. The van der Waals surface area contributed by atoms with Crippen LogP contribution in [0.15, 0.2) is 12.3 Å². The van der Waals surface area contributed by atoms with Gasteiger partial charge >= 0.3 is 6.09 Å². The number of aromatic nitrogens is 1. The maximum Gasteiger partial charge on any atom is 0.404 e. The fourth-order valence-electron chi connectivity index (χ4n) is 4.69. The van der Waals surface area contributed by atoms with Gasteiger partial charge in [0, 0.05) is 50.4 Å². The van der Waals surface area contributed by atoms with Crippen molar-refractivity contribution in [3.8, 4) is 5.75 Å². The van der Waals surface area contributed by atoms with Crippen molar-refractivity contribution in [2.24, 2.45) is 5.92 Å². The number of pyridine rings is 1. The summed E-state index contributed by atoms with van der Waals surface area (Å²) in [6, 6.07) is 2.13. The van der Waals surface area contributed by atoms with Gasteiger partial charge in [0.2, 0.25) is 0 Å². The summed E-state index contributed by atoms with van der Waals surface area (Å²) >= 11 is 0. The molecule has 3 aliphatic rings. The number of rotatable bonds is 5. The van der Waals surface area contributed by atoms with Crippen molar-refractivity contribution in [2.45, 2.75) is 44.6 Å². The first-order valence-corrected chi connectivity index (χ1v) is 10.3. The SMILES string of the molecule is O=C(O)NC1CCC(CCN2CCN(c3nccc4c3CCO4)CC2)CC1. The second-order valence-corrected chi connectivity index (χ2v) is 7.99. The van der Waals surface area contributed by atoms with Gasteiger partial charge in [0.1, 0.15) is 11.6 Å². The minimum Gasteiger partial charge on any atom is -0.493 e. The zero-order valence-electron chi connectivity index (χ0n) is 15.9. The molecule has 1 aliphatic carbocycles. The van der Waals surface area contributed by atoms with Crippen LogP contribution in [-0.2, 0) is 6.42 Å². The molecule has 0 bridgehead atoms. The number of amides is 1. The van der Waals surface area contributed by atoms with Crippen molar-refractivity contribution in [1.82, 2.24) is 15.2 Å². The molecule has 3 heterocycles. The van der Waals surface area contributed by atoms with Crippen LogP contribution in [0, 0.1) is 5.92 Å². The van der Waals surface area contributed by atoms with Gasteiger partial charge in [-0.15, -0.1) is 0 Å². The Balaban J connectivity index is 1.20. The number of hydrogen-bond acceptors (Lipinski definition) is 5. The highest BCUT2D eigenvalue weighted by molar-refractivity contribution is 5.64. The van der Waals surface area contributed by atoms with Gasteiger partial charge in [0.05, 0.1) is 6.61 Å². The summed E-state index contributed by atoms with van der Waals surface area (Å²) in [7, 11) is 0. The molecule has 0 atom stereocenters. The number of nitrogens with one attached hydrogen (secondary N) is 1. The molecule has 2 fully saturated rings. The Morgan fingerprint density at radius 1 is 1.22 bits per heavy atom. The molecule has 7 nitrogen and oxygen atoms in total. The number of anilines is 1. The lowest BCUT2D eigenvalue weighted by Crippen LogP contribution is -2.47. The first-order valence-electron chi connectivity index (χ1n) is 10.3. The molecule has 0 spiro atoms. The second kappa shape index (κ2) is 8.33. The molecule has 0 unspecified atom stereocenters. The van der Waals surface area contributed by atoms with E-state index in [1.165, 1.54) is 12.0 Å². The third-order valence-electron chi connectivity index (χ3n) is 6.30. The smallest absolute Gasteiger partial charge is 0.404 e. The predicted molar refractivity (Wildman–Crippen MR) is 104 cm³/mol. The van der Waals surface area contributed by atoms with E-state index >= 15 is 0 Å². The Kier molecular flexibility index (Phi) is 5.66. The number of ether oxygens (including phenoxy) is 1. The minimum atomic E-state index is -0.888. The molecule has 2 aliphatic heterocycles. The Hall–Kier alpha value is -2.02. The van der Waals surface area contributed by atoms with Gasteiger partial charge in [-0.2, -0.15) is 0 Å². The third kappa shape index (κ3) is 4.46. The monoisotopic (exact) mass is 374 g/mol. The molecule has 148 valence electrons. The van der Waals surface area contributed by atoms with Crippen LogP contribution in [0.25, 0.3) is 0 Å². The first-order chi connectivity index (χ1) is 13.2. The average Bonchev–Trinajstić information content (AvgIpc) is 3.16. The molecule has 1 amide bonds. The van der Waals surface area contributed by atoms with Gasteiger partial charge in [-0.3, -0.25) is 4.90 Å². The van der Waals surface area contributed by atoms with Crippen molar-refractivity contribution < 1.29 is 14.6 Å². The molecule has 27 heavy (non-hydrogen) atoms. The Morgan fingerprint density at radius 3 is 2.74 bits per heavy atom. The largest absolute Gasteiger partial charge is 0.493 e. The highest BCUT2D eigenvalue weighted by Crippen LogP contribution is 2.32.